The summed E-state index contributed by atoms with van der Waals surface area (Å²) >= 11 is 0. The maximum Gasteiger partial charge on any atom is 0.224 e. The minimum atomic E-state index is -0.180. The number of nitrogens with two attached hydrogens (primary N) is 1. The van der Waals surface area contributed by atoms with Gasteiger partial charge in [-0.1, -0.05) is 0 Å². The molecule has 2 fully saturated rings. The molecule has 0 spiro atoms. The van der Waals surface area contributed by atoms with Crippen LogP contribution in [0.3, 0.4) is 0 Å². The van der Waals surface area contributed by atoms with Crippen molar-refractivity contribution in [2.24, 2.45) is 5.73 Å². The summed E-state index contributed by atoms with van der Waals surface area (Å²) in [5.41, 5.74) is 5.94. The maximum absolute atomic E-state index is 12.2. The molecule has 0 aromatic carbocycles. The number of rotatable bonds is 2. The van der Waals surface area contributed by atoms with Crippen LogP contribution in [0.15, 0.2) is 0 Å². The second-order valence-corrected chi connectivity index (χ2v) is 5.59. The molecular formula is C12H23N3O. The van der Waals surface area contributed by atoms with Crippen molar-refractivity contribution < 1.29 is 4.79 Å². The van der Waals surface area contributed by atoms with Crippen LogP contribution >= 0.6 is 0 Å². The third-order valence-electron chi connectivity index (χ3n) is 4.00. The van der Waals surface area contributed by atoms with Crippen molar-refractivity contribution >= 4 is 5.91 Å². The summed E-state index contributed by atoms with van der Waals surface area (Å²) in [5.74, 6) is 0.253. The van der Waals surface area contributed by atoms with Crippen LogP contribution in [0.1, 0.15) is 32.6 Å². The van der Waals surface area contributed by atoms with Gasteiger partial charge in [0.1, 0.15) is 0 Å². The molecule has 1 aliphatic carbocycles. The zero-order valence-corrected chi connectivity index (χ0v) is 10.4. The second kappa shape index (κ2) is 4.34. The highest BCUT2D eigenvalue weighted by Crippen LogP contribution is 2.32. The van der Waals surface area contributed by atoms with Crippen LogP contribution in [0.4, 0.5) is 0 Å². The minimum Gasteiger partial charge on any atom is -0.337 e. The van der Waals surface area contributed by atoms with Crippen molar-refractivity contribution in [3.63, 3.8) is 0 Å². The van der Waals surface area contributed by atoms with Gasteiger partial charge in [0.15, 0.2) is 0 Å². The van der Waals surface area contributed by atoms with Crippen LogP contribution in [0, 0.1) is 0 Å². The van der Waals surface area contributed by atoms with Crippen LogP contribution in [-0.4, -0.2) is 54.0 Å². The Labute approximate surface area is 97.8 Å². The van der Waals surface area contributed by atoms with Crippen molar-refractivity contribution in [3.05, 3.63) is 0 Å². The molecular weight excluding hydrogens is 202 g/mol. The molecule has 4 nitrogen and oxygen atoms in total. The Balaban J connectivity index is 1.89. The Hall–Kier alpha value is -0.610. The monoisotopic (exact) mass is 225 g/mol. The fraction of sp³-hybridized carbons (Fsp3) is 0.917. The van der Waals surface area contributed by atoms with E-state index in [1.165, 1.54) is 6.42 Å². The Morgan fingerprint density at radius 2 is 2.12 bits per heavy atom. The van der Waals surface area contributed by atoms with Crippen LogP contribution in [0.2, 0.25) is 0 Å². The predicted molar refractivity (Wildman–Crippen MR) is 64.1 cm³/mol. The number of carbonyl (C=O) groups is 1. The Bertz CT molecular complexity index is 275. The van der Waals surface area contributed by atoms with E-state index >= 15 is 0 Å². The third kappa shape index (κ3) is 2.38. The van der Waals surface area contributed by atoms with E-state index in [9.17, 15) is 4.79 Å². The SMILES string of the molecule is CC1CN(C)CCN1C(=O)CC1(N)CCC1. The number of carbonyl (C=O) groups excluding carboxylic acids is 1. The summed E-state index contributed by atoms with van der Waals surface area (Å²) in [6, 6.07) is 0.329. The Kier molecular flexibility index (Phi) is 3.22. The first-order chi connectivity index (χ1) is 7.50. The van der Waals surface area contributed by atoms with Gasteiger partial charge in [-0.25, -0.2) is 0 Å². The lowest BCUT2D eigenvalue weighted by Gasteiger charge is -2.42. The van der Waals surface area contributed by atoms with Crippen molar-refractivity contribution in [2.45, 2.75) is 44.2 Å². The van der Waals surface area contributed by atoms with Crippen molar-refractivity contribution in [3.8, 4) is 0 Å². The molecule has 0 aromatic heterocycles. The number of nitrogens with zero attached hydrogens (tertiary/aromatic N) is 2. The van der Waals surface area contributed by atoms with E-state index in [4.69, 9.17) is 5.73 Å². The van der Waals surface area contributed by atoms with E-state index in [0.717, 1.165) is 32.5 Å². The van der Waals surface area contributed by atoms with Crippen molar-refractivity contribution in [2.75, 3.05) is 26.7 Å². The number of amides is 1. The summed E-state index contributed by atoms with van der Waals surface area (Å²) in [5, 5.41) is 0. The molecule has 1 aliphatic heterocycles. The highest BCUT2D eigenvalue weighted by molar-refractivity contribution is 5.78. The summed E-state index contributed by atoms with van der Waals surface area (Å²) in [6.45, 7) is 4.93. The highest BCUT2D eigenvalue weighted by Gasteiger charge is 2.37. The van der Waals surface area contributed by atoms with Crippen LogP contribution in [0.5, 0.6) is 0 Å². The van der Waals surface area contributed by atoms with Crippen LogP contribution < -0.4 is 5.73 Å². The average molecular weight is 225 g/mol. The minimum absolute atomic E-state index is 0.180. The van der Waals surface area contributed by atoms with Gasteiger partial charge < -0.3 is 15.5 Å². The number of piperazine rings is 1. The van der Waals surface area contributed by atoms with E-state index in [-0.39, 0.29) is 11.4 Å². The van der Waals surface area contributed by atoms with E-state index in [1.807, 2.05) is 4.90 Å². The molecule has 1 heterocycles. The molecule has 0 radical (unpaired) electrons. The van der Waals surface area contributed by atoms with Gasteiger partial charge in [0.05, 0.1) is 0 Å². The van der Waals surface area contributed by atoms with Gasteiger partial charge in [-0.05, 0) is 33.2 Å². The van der Waals surface area contributed by atoms with Gasteiger partial charge >= 0.3 is 0 Å². The highest BCUT2D eigenvalue weighted by atomic mass is 16.2. The number of hydrogen-bond acceptors (Lipinski definition) is 3. The van der Waals surface area contributed by atoms with Gasteiger partial charge in [-0.15, -0.1) is 0 Å². The molecule has 1 saturated heterocycles. The summed E-state index contributed by atoms with van der Waals surface area (Å²) < 4.78 is 0. The van der Waals surface area contributed by atoms with Gasteiger partial charge in [0.2, 0.25) is 5.91 Å². The summed E-state index contributed by atoms with van der Waals surface area (Å²) in [4.78, 5) is 16.4. The first kappa shape index (κ1) is 11.9. The van der Waals surface area contributed by atoms with Gasteiger partial charge in [0, 0.05) is 37.6 Å². The molecule has 16 heavy (non-hydrogen) atoms. The summed E-state index contributed by atoms with van der Waals surface area (Å²) in [7, 11) is 2.11. The van der Waals surface area contributed by atoms with Gasteiger partial charge in [-0.3, -0.25) is 4.79 Å². The molecule has 92 valence electrons. The molecule has 1 saturated carbocycles. The lowest BCUT2D eigenvalue weighted by Crippen LogP contribution is -2.56. The van der Waals surface area contributed by atoms with E-state index < -0.39 is 0 Å². The Morgan fingerprint density at radius 1 is 1.44 bits per heavy atom. The second-order valence-electron chi connectivity index (χ2n) is 5.59. The quantitative estimate of drug-likeness (QED) is 0.741. The standard InChI is InChI=1S/C12H23N3O/c1-10-9-14(2)6-7-15(10)11(16)8-12(13)4-3-5-12/h10H,3-9,13H2,1-2H3. The Morgan fingerprint density at radius 3 is 2.62 bits per heavy atom. The smallest absolute Gasteiger partial charge is 0.224 e. The fourth-order valence-electron chi connectivity index (χ4n) is 2.72. The average Bonchev–Trinajstić information content (AvgIpc) is 2.14. The maximum atomic E-state index is 12.2. The van der Waals surface area contributed by atoms with Crippen molar-refractivity contribution in [1.29, 1.82) is 0 Å². The summed E-state index contributed by atoms with van der Waals surface area (Å²) in [6.07, 6.45) is 3.75. The zero-order valence-electron chi connectivity index (χ0n) is 10.4. The van der Waals surface area contributed by atoms with E-state index in [0.29, 0.717) is 12.5 Å². The predicted octanol–water partition coefficient (Wildman–Crippen LogP) is 0.420. The van der Waals surface area contributed by atoms with Crippen molar-refractivity contribution in [1.82, 2.24) is 9.80 Å². The molecule has 2 aliphatic rings. The molecule has 2 N–H and O–H groups in total. The molecule has 1 unspecified atom stereocenters. The first-order valence-electron chi connectivity index (χ1n) is 6.27. The lowest BCUT2D eigenvalue weighted by molar-refractivity contribution is -0.137. The third-order valence-corrected chi connectivity index (χ3v) is 4.00. The number of hydrogen-bond donors (Lipinski definition) is 1. The molecule has 4 heteroatoms. The van der Waals surface area contributed by atoms with E-state index in [2.05, 4.69) is 18.9 Å². The first-order valence-corrected chi connectivity index (χ1v) is 6.27. The van der Waals surface area contributed by atoms with Crippen LogP contribution in [-0.2, 0) is 4.79 Å². The molecule has 0 aromatic rings. The number of likely N-dealkylation sites (N-methyl/N-ethyl adjacent to an activating group) is 1. The molecule has 1 amide bonds. The fourth-order valence-corrected chi connectivity index (χ4v) is 2.72. The van der Waals surface area contributed by atoms with Gasteiger partial charge in [-0.2, -0.15) is 0 Å². The molecule has 1 atom stereocenters. The normalized spacial score (nSPS) is 29.9. The van der Waals surface area contributed by atoms with Crippen LogP contribution in [0.25, 0.3) is 0 Å². The van der Waals surface area contributed by atoms with Gasteiger partial charge in [0.25, 0.3) is 0 Å². The molecule has 2 rings (SSSR count). The van der Waals surface area contributed by atoms with E-state index in [1.54, 1.807) is 0 Å². The topological polar surface area (TPSA) is 49.6 Å². The lowest BCUT2D eigenvalue weighted by atomic mass is 9.75. The molecule has 0 bridgehead atoms. The largest absolute Gasteiger partial charge is 0.337 e. The zero-order chi connectivity index (χ0) is 11.8.